The summed E-state index contributed by atoms with van der Waals surface area (Å²) in [6.45, 7) is 0.348. The smallest absolute Gasteiger partial charge is 0.255 e. The van der Waals surface area contributed by atoms with E-state index in [1.165, 1.54) is 4.90 Å². The fourth-order valence-electron chi connectivity index (χ4n) is 3.55. The van der Waals surface area contributed by atoms with E-state index in [0.717, 1.165) is 16.7 Å². The molecular formula is C20H15N3O3. The van der Waals surface area contributed by atoms with Crippen LogP contribution in [0.1, 0.15) is 34.3 Å². The normalized spacial score (nSPS) is 19.1. The Hall–Kier alpha value is -3.46. The molecule has 0 aliphatic carbocycles. The maximum absolute atomic E-state index is 12.9. The Morgan fingerprint density at radius 1 is 1.08 bits per heavy atom. The minimum absolute atomic E-state index is 0.217. The second-order valence-electron chi connectivity index (χ2n) is 6.43. The molecule has 0 spiro atoms. The van der Waals surface area contributed by atoms with Gasteiger partial charge in [-0.3, -0.25) is 19.7 Å². The minimum Gasteiger partial charge on any atom is -0.322 e. The molecule has 2 aliphatic heterocycles. The van der Waals surface area contributed by atoms with Gasteiger partial charge in [-0.2, -0.15) is 5.26 Å². The Labute approximate surface area is 150 Å². The molecule has 26 heavy (non-hydrogen) atoms. The number of amides is 3. The largest absolute Gasteiger partial charge is 0.322 e. The van der Waals surface area contributed by atoms with Crippen LogP contribution in [0, 0.1) is 11.3 Å². The predicted molar refractivity (Wildman–Crippen MR) is 92.6 cm³/mol. The van der Waals surface area contributed by atoms with E-state index in [-0.39, 0.29) is 18.2 Å². The highest BCUT2D eigenvalue weighted by Crippen LogP contribution is 2.32. The number of carbonyl (C=O) groups is 3. The maximum Gasteiger partial charge on any atom is 0.255 e. The molecule has 1 atom stereocenters. The number of piperidine rings is 1. The zero-order chi connectivity index (χ0) is 18.3. The van der Waals surface area contributed by atoms with Crippen molar-refractivity contribution < 1.29 is 14.4 Å². The van der Waals surface area contributed by atoms with E-state index in [2.05, 4.69) is 11.4 Å². The Morgan fingerprint density at radius 3 is 2.65 bits per heavy atom. The number of hydrogen-bond acceptors (Lipinski definition) is 4. The summed E-state index contributed by atoms with van der Waals surface area (Å²) < 4.78 is 0. The third-order valence-electron chi connectivity index (χ3n) is 4.89. The molecule has 3 amide bonds. The van der Waals surface area contributed by atoms with Crippen LogP contribution < -0.4 is 5.32 Å². The molecular weight excluding hydrogens is 330 g/mol. The lowest BCUT2D eigenvalue weighted by Gasteiger charge is -2.29. The van der Waals surface area contributed by atoms with Crippen molar-refractivity contribution in [3.8, 4) is 17.2 Å². The molecule has 2 aliphatic rings. The second-order valence-corrected chi connectivity index (χ2v) is 6.43. The standard InChI is InChI=1S/C20H15N3O3/c21-10-13-3-1-2-4-15(13)12-5-6-14-11-23(20(26)16(14)9-12)17-7-8-18(24)22-19(17)25/h1-6,9,17H,7-8,11H2,(H,22,24,25). The summed E-state index contributed by atoms with van der Waals surface area (Å²) in [5, 5.41) is 11.6. The molecule has 1 fully saturated rings. The molecule has 0 radical (unpaired) electrons. The fourth-order valence-corrected chi connectivity index (χ4v) is 3.55. The molecule has 0 saturated carbocycles. The first kappa shape index (κ1) is 16.0. The van der Waals surface area contributed by atoms with Crippen LogP contribution in [0.3, 0.4) is 0 Å². The number of benzene rings is 2. The molecule has 0 bridgehead atoms. The Kier molecular flexibility index (Phi) is 3.77. The Bertz CT molecular complexity index is 990. The number of carbonyl (C=O) groups excluding carboxylic acids is 3. The lowest BCUT2D eigenvalue weighted by molar-refractivity contribution is -0.136. The highest BCUT2D eigenvalue weighted by Gasteiger charge is 2.39. The summed E-state index contributed by atoms with van der Waals surface area (Å²) in [5.41, 5.74) is 3.49. The number of rotatable bonds is 2. The second kappa shape index (κ2) is 6.12. The Balaban J connectivity index is 1.67. The van der Waals surface area contributed by atoms with Gasteiger partial charge in [0.15, 0.2) is 0 Å². The third kappa shape index (κ3) is 2.54. The molecule has 2 aromatic rings. The topological polar surface area (TPSA) is 90.3 Å². The van der Waals surface area contributed by atoms with Gasteiger partial charge in [0.2, 0.25) is 11.8 Å². The molecule has 6 heteroatoms. The van der Waals surface area contributed by atoms with Crippen molar-refractivity contribution in [1.29, 1.82) is 5.26 Å². The number of nitrogens with one attached hydrogen (secondary N) is 1. The van der Waals surface area contributed by atoms with Crippen LogP contribution in [-0.4, -0.2) is 28.7 Å². The van der Waals surface area contributed by atoms with Crippen LogP contribution in [0.15, 0.2) is 42.5 Å². The first-order valence-electron chi connectivity index (χ1n) is 8.35. The Morgan fingerprint density at radius 2 is 1.88 bits per heavy atom. The van der Waals surface area contributed by atoms with Crippen LogP contribution in [0.4, 0.5) is 0 Å². The molecule has 6 nitrogen and oxygen atoms in total. The van der Waals surface area contributed by atoms with Gasteiger partial charge in [-0.1, -0.05) is 30.3 Å². The van der Waals surface area contributed by atoms with Gasteiger partial charge in [0, 0.05) is 18.5 Å². The molecule has 1 unspecified atom stereocenters. The summed E-state index contributed by atoms with van der Waals surface area (Å²) >= 11 is 0. The van der Waals surface area contributed by atoms with Gasteiger partial charge in [-0.15, -0.1) is 0 Å². The van der Waals surface area contributed by atoms with Gasteiger partial charge in [0.05, 0.1) is 11.6 Å². The average molecular weight is 345 g/mol. The number of imide groups is 1. The van der Waals surface area contributed by atoms with Crippen molar-refractivity contribution in [3.63, 3.8) is 0 Å². The number of nitriles is 1. The fraction of sp³-hybridized carbons (Fsp3) is 0.200. The van der Waals surface area contributed by atoms with Crippen LogP contribution in [0.5, 0.6) is 0 Å². The van der Waals surface area contributed by atoms with Crippen LogP contribution >= 0.6 is 0 Å². The van der Waals surface area contributed by atoms with E-state index < -0.39 is 11.9 Å². The van der Waals surface area contributed by atoms with Gasteiger partial charge in [-0.05, 0) is 35.2 Å². The summed E-state index contributed by atoms with van der Waals surface area (Å²) in [4.78, 5) is 37.8. The van der Waals surface area contributed by atoms with Crippen molar-refractivity contribution in [3.05, 3.63) is 59.2 Å². The number of hydrogen-bond donors (Lipinski definition) is 1. The van der Waals surface area contributed by atoms with E-state index in [1.807, 2.05) is 24.3 Å². The van der Waals surface area contributed by atoms with Gasteiger partial charge in [0.1, 0.15) is 6.04 Å². The highest BCUT2D eigenvalue weighted by molar-refractivity contribution is 6.05. The van der Waals surface area contributed by atoms with Gasteiger partial charge >= 0.3 is 0 Å². The summed E-state index contributed by atoms with van der Waals surface area (Å²) in [6.07, 6.45) is 0.575. The van der Waals surface area contributed by atoms with E-state index in [0.29, 0.717) is 24.1 Å². The van der Waals surface area contributed by atoms with E-state index in [9.17, 15) is 19.6 Å². The number of fused-ring (bicyclic) bond motifs is 1. The number of nitrogens with zero attached hydrogens (tertiary/aromatic N) is 2. The molecule has 2 aromatic carbocycles. The summed E-state index contributed by atoms with van der Waals surface area (Å²) in [7, 11) is 0. The minimum atomic E-state index is -0.623. The van der Waals surface area contributed by atoms with Gasteiger partial charge < -0.3 is 4.90 Å². The quantitative estimate of drug-likeness (QED) is 0.843. The van der Waals surface area contributed by atoms with E-state index in [1.54, 1.807) is 18.2 Å². The van der Waals surface area contributed by atoms with Crippen molar-refractivity contribution in [2.45, 2.75) is 25.4 Å². The molecule has 0 aromatic heterocycles. The van der Waals surface area contributed by atoms with Crippen LogP contribution in [-0.2, 0) is 16.1 Å². The van der Waals surface area contributed by atoms with Crippen molar-refractivity contribution in [1.82, 2.24) is 10.2 Å². The SMILES string of the molecule is N#Cc1ccccc1-c1ccc2c(c1)C(=O)N(C1CCC(=O)NC1=O)C2. The monoisotopic (exact) mass is 345 g/mol. The zero-order valence-electron chi connectivity index (χ0n) is 13.9. The molecule has 2 heterocycles. The highest BCUT2D eigenvalue weighted by atomic mass is 16.2. The lowest BCUT2D eigenvalue weighted by atomic mass is 9.97. The first-order chi connectivity index (χ1) is 12.6. The maximum atomic E-state index is 12.9. The summed E-state index contributed by atoms with van der Waals surface area (Å²) in [6, 6.07) is 14.3. The van der Waals surface area contributed by atoms with Crippen molar-refractivity contribution >= 4 is 17.7 Å². The van der Waals surface area contributed by atoms with Crippen LogP contribution in [0.2, 0.25) is 0 Å². The molecule has 4 rings (SSSR count). The van der Waals surface area contributed by atoms with Gasteiger partial charge in [0.25, 0.3) is 5.91 Å². The zero-order valence-corrected chi connectivity index (χ0v) is 13.9. The van der Waals surface area contributed by atoms with Crippen LogP contribution in [0.25, 0.3) is 11.1 Å². The lowest BCUT2D eigenvalue weighted by Crippen LogP contribution is -2.52. The van der Waals surface area contributed by atoms with Gasteiger partial charge in [-0.25, -0.2) is 0 Å². The first-order valence-corrected chi connectivity index (χ1v) is 8.35. The van der Waals surface area contributed by atoms with Crippen molar-refractivity contribution in [2.75, 3.05) is 0 Å². The molecule has 128 valence electrons. The molecule has 1 N–H and O–H groups in total. The van der Waals surface area contributed by atoms with Crippen molar-refractivity contribution in [2.24, 2.45) is 0 Å². The summed E-state index contributed by atoms with van der Waals surface area (Å²) in [5.74, 6) is -0.936. The molecule has 1 saturated heterocycles. The average Bonchev–Trinajstić information content (AvgIpc) is 2.98. The third-order valence-corrected chi connectivity index (χ3v) is 4.89. The van der Waals surface area contributed by atoms with E-state index in [4.69, 9.17) is 0 Å². The van der Waals surface area contributed by atoms with E-state index >= 15 is 0 Å². The predicted octanol–water partition coefficient (Wildman–Crippen LogP) is 1.99.